The highest BCUT2D eigenvalue weighted by atomic mass is 16.8. The van der Waals surface area contributed by atoms with Crippen molar-refractivity contribution in [3.05, 3.63) is 47.6 Å². The Kier molecular flexibility index (Phi) is 16.1. The van der Waals surface area contributed by atoms with Gasteiger partial charge in [-0.2, -0.15) is 0 Å². The number of aliphatic carboxylic acids is 1. The molecular formula is C32H52O14. The fraction of sp³-hybridized carbons (Fsp3) is 0.719. The topological polar surface area (TPSA) is 236 Å². The molecule has 0 aliphatic carbocycles. The van der Waals surface area contributed by atoms with Crippen molar-refractivity contribution in [2.45, 2.75) is 133 Å². The van der Waals surface area contributed by atoms with Crippen molar-refractivity contribution in [2.24, 2.45) is 0 Å². The van der Waals surface area contributed by atoms with E-state index in [1.54, 1.807) is 6.92 Å². The molecule has 0 radical (unpaired) electrons. The molecule has 0 spiro atoms. The number of hydrogen-bond acceptors (Lipinski definition) is 13. The van der Waals surface area contributed by atoms with Crippen molar-refractivity contribution in [2.75, 3.05) is 13.2 Å². The summed E-state index contributed by atoms with van der Waals surface area (Å²) in [4.78, 5) is 10.9. The van der Waals surface area contributed by atoms with Crippen LogP contribution < -0.4 is 0 Å². The lowest BCUT2D eigenvalue weighted by Gasteiger charge is -2.47. The quantitative estimate of drug-likeness (QED) is 0.0727. The molecule has 0 aromatic heterocycles. The lowest BCUT2D eigenvalue weighted by molar-refractivity contribution is -0.375. The molecule has 264 valence electrons. The number of allylic oxidation sites excluding steroid dienone is 3. The normalized spacial score (nSPS) is 35.0. The zero-order chi connectivity index (χ0) is 34.8. The third-order valence-corrected chi connectivity index (χ3v) is 8.26. The van der Waals surface area contributed by atoms with E-state index in [2.05, 4.69) is 6.58 Å². The van der Waals surface area contributed by atoms with E-state index in [-0.39, 0.29) is 5.57 Å². The predicted molar refractivity (Wildman–Crippen MR) is 164 cm³/mol. The highest BCUT2D eigenvalue weighted by molar-refractivity contribution is 5.85. The Bertz CT molecular complexity index is 1070. The van der Waals surface area contributed by atoms with Crippen molar-refractivity contribution in [3.8, 4) is 0 Å². The van der Waals surface area contributed by atoms with Crippen molar-refractivity contribution in [1.82, 2.24) is 0 Å². The molecule has 2 saturated heterocycles. The molecule has 0 saturated carbocycles. The van der Waals surface area contributed by atoms with Gasteiger partial charge in [0.2, 0.25) is 0 Å². The van der Waals surface area contributed by atoms with Crippen LogP contribution in [0, 0.1) is 0 Å². The van der Waals surface area contributed by atoms with Crippen molar-refractivity contribution < 1.29 is 69.7 Å². The maximum absolute atomic E-state index is 10.9. The van der Waals surface area contributed by atoms with Crippen LogP contribution in [0.5, 0.6) is 0 Å². The van der Waals surface area contributed by atoms with Gasteiger partial charge in [0.15, 0.2) is 12.6 Å². The Morgan fingerprint density at radius 3 is 2.00 bits per heavy atom. The van der Waals surface area contributed by atoms with Gasteiger partial charge in [-0.1, -0.05) is 29.4 Å². The summed E-state index contributed by atoms with van der Waals surface area (Å²) >= 11 is 0. The summed E-state index contributed by atoms with van der Waals surface area (Å²) in [5.74, 6) is -1.07. The number of carbonyl (C=O) groups is 1. The number of ether oxygens (including phenoxy) is 4. The molecule has 9 N–H and O–H groups in total. The molecule has 14 heteroatoms. The maximum atomic E-state index is 10.9. The van der Waals surface area contributed by atoms with Crippen LogP contribution in [0.1, 0.15) is 59.8 Å². The number of aliphatic hydroxyl groups excluding tert-OH is 8. The zero-order valence-electron chi connectivity index (χ0n) is 26.9. The Balaban J connectivity index is 2.06. The number of carboxylic acid groups (broad SMARTS) is 1. The molecule has 2 heterocycles. The van der Waals surface area contributed by atoms with Gasteiger partial charge in [-0.25, -0.2) is 4.79 Å². The number of rotatable bonds is 17. The first-order chi connectivity index (χ1) is 21.6. The van der Waals surface area contributed by atoms with Crippen LogP contribution >= 0.6 is 0 Å². The van der Waals surface area contributed by atoms with Gasteiger partial charge in [-0.05, 0) is 65.9 Å². The van der Waals surface area contributed by atoms with E-state index in [9.17, 15) is 45.6 Å². The van der Waals surface area contributed by atoms with Crippen molar-refractivity contribution in [3.63, 3.8) is 0 Å². The largest absolute Gasteiger partial charge is 0.478 e. The van der Waals surface area contributed by atoms with Crippen LogP contribution in [-0.2, 0) is 23.7 Å². The van der Waals surface area contributed by atoms with Crippen molar-refractivity contribution >= 4 is 5.97 Å². The Labute approximate surface area is 269 Å². The zero-order valence-corrected chi connectivity index (χ0v) is 26.9. The number of aliphatic hydroxyl groups is 8. The maximum Gasteiger partial charge on any atom is 0.331 e. The SMILES string of the molecule is C=C[C@@](C)(CC/C=C(\C)CC/C=C(\C)C[C@H](O)/C=C(\C)C(=O)O)O[C@@H]1O[C@H](CO)[C@@H](O)[C@H](O)[C@H]1O[C@@H]1O[C@H](CO)[C@@H](O)[C@H](O)[C@H]1O. The van der Waals surface area contributed by atoms with E-state index >= 15 is 0 Å². The summed E-state index contributed by atoms with van der Waals surface area (Å²) < 4.78 is 23.1. The molecule has 0 aromatic rings. The smallest absolute Gasteiger partial charge is 0.331 e. The van der Waals surface area contributed by atoms with Gasteiger partial charge in [-0.3, -0.25) is 0 Å². The standard InChI is InChI=1S/C32H52O14/c1-6-32(5,12-8-11-17(2)9-7-10-18(3)13-20(35)14-19(4)29(41)42)46-31-28(26(39)24(37)22(16-34)44-31)45-30-27(40)25(38)23(36)21(15-33)43-30/h6,10-11,14,20-28,30-31,33-40H,1,7-9,12-13,15-16H2,2-5H3,(H,41,42)/b17-11+,18-10+,19-14+/t20-,21+,22+,23+,24+,25-,26-,27+,28+,30-,31-,32-/m0/s1. The summed E-state index contributed by atoms with van der Waals surface area (Å²) in [5.41, 5.74) is 1.05. The summed E-state index contributed by atoms with van der Waals surface area (Å²) in [6, 6.07) is 0. The van der Waals surface area contributed by atoms with Gasteiger partial charge in [0, 0.05) is 5.57 Å². The molecule has 2 fully saturated rings. The number of hydrogen-bond donors (Lipinski definition) is 9. The fourth-order valence-corrected chi connectivity index (χ4v) is 5.19. The minimum absolute atomic E-state index is 0.0865. The van der Waals surface area contributed by atoms with E-state index in [1.807, 2.05) is 26.0 Å². The molecule has 0 bridgehead atoms. The van der Waals surface area contributed by atoms with Gasteiger partial charge >= 0.3 is 5.97 Å². The second-order valence-corrected chi connectivity index (χ2v) is 12.2. The van der Waals surface area contributed by atoms with Gasteiger partial charge in [0.25, 0.3) is 0 Å². The summed E-state index contributed by atoms with van der Waals surface area (Å²) in [6.45, 7) is 9.51. The van der Waals surface area contributed by atoms with Gasteiger partial charge in [0.05, 0.1) is 24.9 Å². The fourth-order valence-electron chi connectivity index (χ4n) is 5.19. The highest BCUT2D eigenvalue weighted by Crippen LogP contribution is 2.33. The number of carboxylic acids is 1. The first-order valence-electron chi connectivity index (χ1n) is 15.4. The molecule has 0 unspecified atom stereocenters. The summed E-state index contributed by atoms with van der Waals surface area (Å²) in [5, 5.41) is 90.3. The van der Waals surface area contributed by atoms with Crippen LogP contribution in [0.4, 0.5) is 0 Å². The van der Waals surface area contributed by atoms with E-state index in [0.717, 1.165) is 17.6 Å². The molecule has 12 atom stereocenters. The predicted octanol–water partition coefficient (Wildman–Crippen LogP) is -0.193. The van der Waals surface area contributed by atoms with Gasteiger partial charge in [0.1, 0.15) is 48.8 Å². The molecule has 0 aromatic carbocycles. The summed E-state index contributed by atoms with van der Waals surface area (Å²) in [7, 11) is 0. The van der Waals surface area contributed by atoms with Crippen LogP contribution in [0.15, 0.2) is 47.6 Å². The average Bonchev–Trinajstić information content (AvgIpc) is 3.00. The Hall–Kier alpha value is -2.05. The Morgan fingerprint density at radius 1 is 0.870 bits per heavy atom. The van der Waals surface area contributed by atoms with E-state index < -0.39 is 92.3 Å². The van der Waals surface area contributed by atoms with Gasteiger partial charge in [-0.15, -0.1) is 6.58 Å². The second kappa shape index (κ2) is 18.5. The third kappa shape index (κ3) is 11.3. The average molecular weight is 661 g/mol. The first-order valence-corrected chi connectivity index (χ1v) is 15.4. The van der Waals surface area contributed by atoms with Crippen LogP contribution in [-0.4, -0.2) is 138 Å². The second-order valence-electron chi connectivity index (χ2n) is 12.2. The van der Waals surface area contributed by atoms with Crippen LogP contribution in [0.25, 0.3) is 0 Å². The first kappa shape index (κ1) is 40.1. The van der Waals surface area contributed by atoms with E-state index in [0.29, 0.717) is 25.7 Å². The molecule has 14 nitrogen and oxygen atoms in total. The molecule has 46 heavy (non-hydrogen) atoms. The lowest BCUT2D eigenvalue weighted by Crippen LogP contribution is -2.65. The van der Waals surface area contributed by atoms with Gasteiger partial charge < -0.3 is 64.9 Å². The summed E-state index contributed by atoms with van der Waals surface area (Å²) in [6.07, 6.45) is -6.76. The molecule has 2 aliphatic rings. The van der Waals surface area contributed by atoms with Crippen molar-refractivity contribution in [1.29, 1.82) is 0 Å². The minimum Gasteiger partial charge on any atom is -0.478 e. The monoisotopic (exact) mass is 660 g/mol. The third-order valence-electron chi connectivity index (χ3n) is 8.26. The molecule has 0 amide bonds. The molecule has 2 rings (SSSR count). The van der Waals surface area contributed by atoms with Crippen LogP contribution in [0.3, 0.4) is 0 Å². The van der Waals surface area contributed by atoms with Crippen LogP contribution in [0.2, 0.25) is 0 Å². The van der Waals surface area contributed by atoms with E-state index in [1.165, 1.54) is 19.1 Å². The molecule has 2 aliphatic heterocycles. The minimum atomic E-state index is -1.78. The lowest BCUT2D eigenvalue weighted by atomic mass is 9.95. The van der Waals surface area contributed by atoms with E-state index in [4.69, 9.17) is 24.1 Å². The Morgan fingerprint density at radius 2 is 1.43 bits per heavy atom. The molecular weight excluding hydrogens is 608 g/mol. The highest BCUT2D eigenvalue weighted by Gasteiger charge is 2.51.